The predicted octanol–water partition coefficient (Wildman–Crippen LogP) is 4.78. The van der Waals surface area contributed by atoms with Crippen LogP contribution in [-0.4, -0.2) is 54.3 Å². The molecule has 0 spiro atoms. The van der Waals surface area contributed by atoms with Crippen LogP contribution in [0.3, 0.4) is 0 Å². The number of anilines is 1. The maximum absolute atomic E-state index is 12.9. The maximum atomic E-state index is 12.9. The van der Waals surface area contributed by atoms with Gasteiger partial charge in [-0.2, -0.15) is 0 Å². The first-order valence-electron chi connectivity index (χ1n) is 11.2. The van der Waals surface area contributed by atoms with Crippen LogP contribution in [0.15, 0.2) is 29.6 Å². The molecule has 6 nitrogen and oxygen atoms in total. The minimum Gasteiger partial charge on any atom is -0.385 e. The fourth-order valence-electron chi connectivity index (χ4n) is 3.87. The number of benzene rings is 1. The Morgan fingerprint density at radius 2 is 2.00 bits per heavy atom. The number of thiocarbonyl (C=S) groups is 1. The molecule has 2 aromatic rings. The number of nitrogens with zero attached hydrogens (tertiary/aromatic N) is 2. The van der Waals surface area contributed by atoms with E-state index in [1.165, 1.54) is 0 Å². The fraction of sp³-hybridized carbons (Fsp3) is 0.542. The summed E-state index contributed by atoms with van der Waals surface area (Å²) < 4.78 is 5.07. The van der Waals surface area contributed by atoms with Crippen molar-refractivity contribution in [1.29, 1.82) is 0 Å². The number of carbonyl (C=O) groups is 1. The van der Waals surface area contributed by atoms with Crippen molar-refractivity contribution in [2.75, 3.05) is 38.7 Å². The van der Waals surface area contributed by atoms with Crippen molar-refractivity contribution >= 4 is 40.3 Å². The van der Waals surface area contributed by atoms with Gasteiger partial charge in [-0.05, 0) is 48.5 Å². The lowest BCUT2D eigenvalue weighted by Gasteiger charge is -2.33. The van der Waals surface area contributed by atoms with Crippen molar-refractivity contribution in [2.45, 2.75) is 51.4 Å². The molecule has 1 fully saturated rings. The molecule has 8 heteroatoms. The highest BCUT2D eigenvalue weighted by Gasteiger charge is 2.25. The van der Waals surface area contributed by atoms with Gasteiger partial charge in [0.05, 0.1) is 5.01 Å². The third-order valence-electron chi connectivity index (χ3n) is 5.67. The number of likely N-dealkylation sites (tertiary alicyclic amines) is 1. The topological polar surface area (TPSA) is 66.5 Å². The van der Waals surface area contributed by atoms with Crippen LogP contribution in [0.2, 0.25) is 0 Å². The number of nitrogens with one attached hydrogen (secondary N) is 2. The summed E-state index contributed by atoms with van der Waals surface area (Å²) >= 11 is 7.10. The highest BCUT2D eigenvalue weighted by atomic mass is 32.1. The number of piperidine rings is 1. The maximum Gasteiger partial charge on any atom is 0.275 e. The summed E-state index contributed by atoms with van der Waals surface area (Å²) in [5.41, 5.74) is 2.40. The molecule has 1 amide bonds. The lowest BCUT2D eigenvalue weighted by molar-refractivity contribution is 0.102. The van der Waals surface area contributed by atoms with Gasteiger partial charge in [-0.25, -0.2) is 4.98 Å². The Labute approximate surface area is 200 Å². The number of rotatable bonds is 7. The minimum absolute atomic E-state index is 0.0513. The van der Waals surface area contributed by atoms with E-state index in [1.54, 1.807) is 18.4 Å². The Morgan fingerprint density at radius 1 is 1.28 bits per heavy atom. The number of hydrogen-bond acceptors (Lipinski definition) is 5. The zero-order valence-corrected chi connectivity index (χ0v) is 21.1. The van der Waals surface area contributed by atoms with Crippen LogP contribution in [0.25, 0.3) is 0 Å². The first kappa shape index (κ1) is 24.6. The quantitative estimate of drug-likeness (QED) is 0.445. The van der Waals surface area contributed by atoms with Gasteiger partial charge in [-0.3, -0.25) is 4.79 Å². The van der Waals surface area contributed by atoms with Gasteiger partial charge >= 0.3 is 0 Å². The molecule has 2 heterocycles. The molecule has 1 aliphatic heterocycles. The molecule has 174 valence electrons. The smallest absolute Gasteiger partial charge is 0.275 e. The second-order valence-electron chi connectivity index (χ2n) is 9.16. The lowest BCUT2D eigenvalue weighted by atomic mass is 9.86. The standard InChI is InChI=1S/C24H34N4O2S2/c1-24(2,3)18-8-5-6-9-19(18)26-21(29)20-16-32-22(27-20)17-10-13-28(14-11-17)23(31)25-12-7-15-30-4/h5-6,8-9,16-17H,7,10-15H2,1-4H3,(H,25,31)(H,26,29). The van der Waals surface area contributed by atoms with Crippen LogP contribution in [-0.2, 0) is 10.2 Å². The number of thiazole rings is 1. The van der Waals surface area contributed by atoms with E-state index in [0.29, 0.717) is 11.6 Å². The van der Waals surface area contributed by atoms with Gasteiger partial charge in [-0.15, -0.1) is 11.3 Å². The molecule has 1 saturated heterocycles. The predicted molar refractivity (Wildman–Crippen MR) is 136 cm³/mol. The third-order valence-corrected chi connectivity index (χ3v) is 7.08. The Kier molecular flexibility index (Phi) is 8.62. The summed E-state index contributed by atoms with van der Waals surface area (Å²) in [6, 6.07) is 7.97. The lowest BCUT2D eigenvalue weighted by Crippen LogP contribution is -2.44. The number of aromatic nitrogens is 1. The molecule has 0 bridgehead atoms. The molecule has 1 aromatic carbocycles. The summed E-state index contributed by atoms with van der Waals surface area (Å²) in [7, 11) is 1.71. The van der Waals surface area contributed by atoms with Crippen molar-refractivity contribution in [3.63, 3.8) is 0 Å². The molecule has 0 unspecified atom stereocenters. The molecule has 0 saturated carbocycles. The van der Waals surface area contributed by atoms with Crippen LogP contribution in [0.1, 0.15) is 67.0 Å². The molecule has 1 aromatic heterocycles. The monoisotopic (exact) mass is 474 g/mol. The van der Waals surface area contributed by atoms with Crippen molar-refractivity contribution in [2.24, 2.45) is 0 Å². The van der Waals surface area contributed by atoms with E-state index in [2.05, 4.69) is 47.4 Å². The van der Waals surface area contributed by atoms with E-state index < -0.39 is 0 Å². The normalized spacial score (nSPS) is 14.9. The first-order valence-corrected chi connectivity index (χ1v) is 12.5. The molecule has 2 N–H and O–H groups in total. The van der Waals surface area contributed by atoms with Gasteiger partial charge in [0.25, 0.3) is 5.91 Å². The van der Waals surface area contributed by atoms with Gasteiger partial charge in [-0.1, -0.05) is 39.0 Å². The largest absolute Gasteiger partial charge is 0.385 e. The molecule has 0 aliphatic carbocycles. The Balaban J connectivity index is 1.54. The van der Waals surface area contributed by atoms with Gasteiger partial charge in [0.1, 0.15) is 5.69 Å². The van der Waals surface area contributed by atoms with Crippen molar-refractivity contribution in [3.05, 3.63) is 45.9 Å². The highest BCUT2D eigenvalue weighted by molar-refractivity contribution is 7.80. The molecular formula is C24H34N4O2S2. The van der Waals surface area contributed by atoms with Gasteiger partial charge < -0.3 is 20.3 Å². The van der Waals surface area contributed by atoms with Crippen LogP contribution in [0, 0.1) is 0 Å². The summed E-state index contributed by atoms with van der Waals surface area (Å²) in [6.45, 7) is 9.81. The van der Waals surface area contributed by atoms with E-state index in [-0.39, 0.29) is 11.3 Å². The first-order chi connectivity index (χ1) is 15.3. The SMILES string of the molecule is COCCCNC(=S)N1CCC(c2nc(C(=O)Nc3ccccc3C(C)(C)C)cs2)CC1. The molecular weight excluding hydrogens is 440 g/mol. The van der Waals surface area contributed by atoms with Gasteiger partial charge in [0, 0.05) is 50.3 Å². The molecule has 32 heavy (non-hydrogen) atoms. The number of hydrogen-bond donors (Lipinski definition) is 2. The zero-order valence-electron chi connectivity index (χ0n) is 19.4. The minimum atomic E-state index is -0.150. The summed E-state index contributed by atoms with van der Waals surface area (Å²) in [6.07, 6.45) is 2.92. The Morgan fingerprint density at radius 3 is 2.69 bits per heavy atom. The summed E-state index contributed by atoms with van der Waals surface area (Å²) in [5.74, 6) is 0.221. The molecule has 0 atom stereocenters. The number of carbonyl (C=O) groups excluding carboxylic acids is 1. The average Bonchev–Trinajstić information content (AvgIpc) is 3.27. The highest BCUT2D eigenvalue weighted by Crippen LogP contribution is 2.32. The van der Waals surface area contributed by atoms with Crippen molar-refractivity contribution in [1.82, 2.24) is 15.2 Å². The Hall–Kier alpha value is -2.03. The average molecular weight is 475 g/mol. The van der Waals surface area contributed by atoms with Gasteiger partial charge in [0.2, 0.25) is 0 Å². The van der Waals surface area contributed by atoms with Gasteiger partial charge in [0.15, 0.2) is 5.11 Å². The fourth-order valence-corrected chi connectivity index (χ4v) is 5.12. The van der Waals surface area contributed by atoms with Crippen LogP contribution >= 0.6 is 23.6 Å². The number of methoxy groups -OCH3 is 1. The van der Waals surface area contributed by atoms with Crippen LogP contribution < -0.4 is 10.6 Å². The summed E-state index contributed by atoms with van der Waals surface area (Å²) in [5, 5.41) is 10.1. The molecule has 1 aliphatic rings. The Bertz CT molecular complexity index is 915. The molecule has 0 radical (unpaired) electrons. The number of ether oxygens (including phenoxy) is 1. The second kappa shape index (κ2) is 11.2. The number of amides is 1. The second-order valence-corrected chi connectivity index (χ2v) is 10.4. The zero-order chi connectivity index (χ0) is 23.1. The van der Waals surface area contributed by atoms with Crippen molar-refractivity contribution in [3.8, 4) is 0 Å². The van der Waals surface area contributed by atoms with E-state index in [0.717, 1.165) is 66.9 Å². The van der Waals surface area contributed by atoms with E-state index in [9.17, 15) is 4.79 Å². The number of para-hydroxylation sites is 1. The van der Waals surface area contributed by atoms with Crippen molar-refractivity contribution < 1.29 is 9.53 Å². The summed E-state index contributed by atoms with van der Waals surface area (Å²) in [4.78, 5) is 19.8. The van der Waals surface area contributed by atoms with E-state index >= 15 is 0 Å². The van der Waals surface area contributed by atoms with Crippen LogP contribution in [0.4, 0.5) is 5.69 Å². The molecule has 3 rings (SSSR count). The third kappa shape index (κ3) is 6.49. The van der Waals surface area contributed by atoms with E-state index in [1.807, 2.05) is 23.6 Å². The van der Waals surface area contributed by atoms with E-state index in [4.69, 9.17) is 17.0 Å². The van der Waals surface area contributed by atoms with Crippen LogP contribution in [0.5, 0.6) is 0 Å².